The molecule has 5 nitrogen and oxygen atoms in total. The van der Waals surface area contributed by atoms with Crippen molar-refractivity contribution in [3.63, 3.8) is 0 Å². The van der Waals surface area contributed by atoms with Gasteiger partial charge in [0.2, 0.25) is 0 Å². The molecule has 5 heteroatoms. The van der Waals surface area contributed by atoms with Gasteiger partial charge in [0, 0.05) is 31.4 Å². The van der Waals surface area contributed by atoms with Crippen molar-refractivity contribution in [3.8, 4) is 5.75 Å². The summed E-state index contributed by atoms with van der Waals surface area (Å²) in [5.41, 5.74) is 2.68. The smallest absolute Gasteiger partial charge is 0.257 e. The zero-order valence-corrected chi connectivity index (χ0v) is 14.0. The van der Waals surface area contributed by atoms with E-state index in [1.165, 1.54) is 0 Å². The number of hydrogen-bond donors (Lipinski definition) is 1. The number of nitrogens with zero attached hydrogens (tertiary/aromatic N) is 2. The number of rotatable bonds is 4. The molecule has 0 unspecified atom stereocenters. The third-order valence-corrected chi connectivity index (χ3v) is 4.53. The molecular weight excluding hydrogens is 304 g/mol. The number of aliphatic hydroxyl groups excluding tert-OH is 1. The summed E-state index contributed by atoms with van der Waals surface area (Å²) in [5.74, 6) is 0.511. The maximum Gasteiger partial charge on any atom is 0.257 e. The molecule has 2 heterocycles. The van der Waals surface area contributed by atoms with E-state index in [0.717, 1.165) is 17.5 Å². The van der Waals surface area contributed by atoms with Crippen LogP contribution in [-0.2, 0) is 6.42 Å². The number of aromatic nitrogens is 1. The van der Waals surface area contributed by atoms with Crippen LogP contribution in [0.4, 0.5) is 0 Å². The molecule has 126 valence electrons. The summed E-state index contributed by atoms with van der Waals surface area (Å²) in [6.45, 7) is 2.84. The standard InChI is InChI=1S/C19H22N2O3/c1-13-3-4-18(24-2)16(9-13)19(23)21-11-15(17(22)12-21)10-14-5-7-20-8-6-14/h3-9,15,17,22H,10-12H2,1-2H3/t15-,17+/m1/s1. The molecule has 2 aromatic rings. The number of benzene rings is 1. The fraction of sp³-hybridized carbons (Fsp3) is 0.368. The van der Waals surface area contributed by atoms with Crippen molar-refractivity contribution < 1.29 is 14.6 Å². The van der Waals surface area contributed by atoms with Gasteiger partial charge in [-0.3, -0.25) is 9.78 Å². The number of methoxy groups -OCH3 is 1. The second-order valence-corrected chi connectivity index (χ2v) is 6.30. The molecule has 0 saturated carbocycles. The molecule has 3 rings (SSSR count). The fourth-order valence-corrected chi connectivity index (χ4v) is 3.20. The van der Waals surface area contributed by atoms with Gasteiger partial charge in [-0.25, -0.2) is 0 Å². The van der Waals surface area contributed by atoms with Crippen LogP contribution < -0.4 is 4.74 Å². The van der Waals surface area contributed by atoms with Crippen LogP contribution in [0.15, 0.2) is 42.7 Å². The predicted octanol–water partition coefficient (Wildman–Crippen LogP) is 2.07. The van der Waals surface area contributed by atoms with E-state index in [1.54, 1.807) is 24.4 Å². The largest absolute Gasteiger partial charge is 0.496 e. The Bertz CT molecular complexity index is 718. The van der Waals surface area contributed by atoms with Crippen molar-refractivity contribution in [2.24, 2.45) is 5.92 Å². The van der Waals surface area contributed by atoms with Crippen molar-refractivity contribution in [3.05, 3.63) is 59.4 Å². The molecule has 1 saturated heterocycles. The van der Waals surface area contributed by atoms with E-state index in [0.29, 0.717) is 24.4 Å². The van der Waals surface area contributed by atoms with Crippen LogP contribution in [0.25, 0.3) is 0 Å². The molecule has 1 aliphatic rings. The van der Waals surface area contributed by atoms with Crippen molar-refractivity contribution >= 4 is 5.91 Å². The van der Waals surface area contributed by atoms with Gasteiger partial charge in [-0.15, -0.1) is 0 Å². The summed E-state index contributed by atoms with van der Waals surface area (Å²) >= 11 is 0. The summed E-state index contributed by atoms with van der Waals surface area (Å²) in [5, 5.41) is 10.4. The topological polar surface area (TPSA) is 62.7 Å². The first kappa shape index (κ1) is 16.5. The molecule has 0 spiro atoms. The first-order valence-electron chi connectivity index (χ1n) is 8.09. The molecule has 1 N–H and O–H groups in total. The first-order chi connectivity index (χ1) is 11.6. The number of carbonyl (C=O) groups excluding carboxylic acids is 1. The van der Waals surface area contributed by atoms with Gasteiger partial charge in [-0.05, 0) is 43.2 Å². The van der Waals surface area contributed by atoms with Crippen LogP contribution in [0.2, 0.25) is 0 Å². The Labute approximate surface area is 141 Å². The van der Waals surface area contributed by atoms with Gasteiger partial charge in [-0.1, -0.05) is 11.6 Å². The molecule has 1 aromatic carbocycles. The summed E-state index contributed by atoms with van der Waals surface area (Å²) in [7, 11) is 1.56. The van der Waals surface area contributed by atoms with E-state index in [2.05, 4.69) is 4.98 Å². The van der Waals surface area contributed by atoms with Crippen LogP contribution >= 0.6 is 0 Å². The van der Waals surface area contributed by atoms with Gasteiger partial charge in [0.15, 0.2) is 0 Å². The van der Waals surface area contributed by atoms with Crippen molar-refractivity contribution in [1.29, 1.82) is 0 Å². The number of amides is 1. The summed E-state index contributed by atoms with van der Waals surface area (Å²) in [6.07, 6.45) is 3.71. The first-order valence-corrected chi connectivity index (χ1v) is 8.09. The van der Waals surface area contributed by atoms with E-state index in [4.69, 9.17) is 4.74 Å². The number of aryl methyl sites for hydroxylation is 1. The van der Waals surface area contributed by atoms with Crippen molar-refractivity contribution in [1.82, 2.24) is 9.88 Å². The van der Waals surface area contributed by atoms with Gasteiger partial charge >= 0.3 is 0 Å². The molecule has 1 fully saturated rings. The van der Waals surface area contributed by atoms with Crippen molar-refractivity contribution in [2.45, 2.75) is 19.4 Å². The Morgan fingerprint density at radius 3 is 2.75 bits per heavy atom. The number of ether oxygens (including phenoxy) is 1. The molecule has 0 bridgehead atoms. The molecule has 1 aromatic heterocycles. The van der Waals surface area contributed by atoms with Crippen LogP contribution in [0.5, 0.6) is 5.75 Å². The van der Waals surface area contributed by atoms with Crippen molar-refractivity contribution in [2.75, 3.05) is 20.2 Å². The molecule has 1 aliphatic heterocycles. The molecule has 2 atom stereocenters. The Morgan fingerprint density at radius 1 is 1.29 bits per heavy atom. The lowest BCUT2D eigenvalue weighted by molar-refractivity contribution is 0.0761. The van der Waals surface area contributed by atoms with E-state index < -0.39 is 6.10 Å². The lowest BCUT2D eigenvalue weighted by atomic mass is 9.97. The highest BCUT2D eigenvalue weighted by Gasteiger charge is 2.35. The molecule has 1 amide bonds. The maximum atomic E-state index is 12.8. The Kier molecular flexibility index (Phi) is 4.81. The second kappa shape index (κ2) is 7.01. The number of likely N-dealkylation sites (tertiary alicyclic amines) is 1. The van der Waals surface area contributed by atoms with E-state index in [-0.39, 0.29) is 11.8 Å². The molecule has 0 radical (unpaired) electrons. The lowest BCUT2D eigenvalue weighted by Gasteiger charge is -2.18. The number of pyridine rings is 1. The highest BCUT2D eigenvalue weighted by molar-refractivity contribution is 5.97. The van der Waals surface area contributed by atoms with Crippen LogP contribution in [-0.4, -0.2) is 47.2 Å². The Balaban J connectivity index is 1.74. The quantitative estimate of drug-likeness (QED) is 0.934. The minimum Gasteiger partial charge on any atom is -0.496 e. The number of carbonyl (C=O) groups is 1. The van der Waals surface area contributed by atoms with Gasteiger partial charge < -0.3 is 14.7 Å². The molecular formula is C19H22N2O3. The average molecular weight is 326 g/mol. The monoisotopic (exact) mass is 326 g/mol. The fourth-order valence-electron chi connectivity index (χ4n) is 3.20. The van der Waals surface area contributed by atoms with E-state index in [9.17, 15) is 9.90 Å². The average Bonchev–Trinajstić information content (AvgIpc) is 2.96. The number of hydrogen-bond acceptors (Lipinski definition) is 4. The summed E-state index contributed by atoms with van der Waals surface area (Å²) < 4.78 is 5.31. The van der Waals surface area contributed by atoms with Gasteiger partial charge in [0.1, 0.15) is 5.75 Å². The maximum absolute atomic E-state index is 12.8. The second-order valence-electron chi connectivity index (χ2n) is 6.30. The normalized spacial score (nSPS) is 20.2. The van der Waals surface area contributed by atoms with E-state index >= 15 is 0 Å². The Morgan fingerprint density at radius 2 is 2.04 bits per heavy atom. The number of β-amino-alcohol motifs (C(OH)–C–C–N with tert-alkyl or cyclic N) is 1. The van der Waals surface area contributed by atoms with Gasteiger partial charge in [-0.2, -0.15) is 0 Å². The zero-order valence-electron chi connectivity index (χ0n) is 14.0. The third kappa shape index (κ3) is 3.41. The minimum absolute atomic E-state index is 0.0344. The summed E-state index contributed by atoms with van der Waals surface area (Å²) in [6, 6.07) is 9.45. The predicted molar refractivity (Wildman–Crippen MR) is 91.1 cm³/mol. The van der Waals surface area contributed by atoms with Gasteiger partial charge in [0.25, 0.3) is 5.91 Å². The highest BCUT2D eigenvalue weighted by atomic mass is 16.5. The molecule has 0 aliphatic carbocycles. The van der Waals surface area contributed by atoms with Crippen LogP contribution in [0.3, 0.4) is 0 Å². The lowest BCUT2D eigenvalue weighted by Crippen LogP contribution is -2.30. The Hall–Kier alpha value is -2.40. The van der Waals surface area contributed by atoms with Crippen LogP contribution in [0.1, 0.15) is 21.5 Å². The SMILES string of the molecule is COc1ccc(C)cc1C(=O)N1C[C@@H](Cc2ccncc2)[C@@H](O)C1. The minimum atomic E-state index is -0.516. The van der Waals surface area contributed by atoms with Crippen LogP contribution in [0, 0.1) is 12.8 Å². The zero-order chi connectivity index (χ0) is 17.1. The number of aliphatic hydroxyl groups is 1. The summed E-state index contributed by atoms with van der Waals surface area (Å²) in [4.78, 5) is 18.6. The highest BCUT2D eigenvalue weighted by Crippen LogP contribution is 2.26. The third-order valence-electron chi connectivity index (χ3n) is 4.53. The molecule has 24 heavy (non-hydrogen) atoms. The van der Waals surface area contributed by atoms with Gasteiger partial charge in [0.05, 0.1) is 18.8 Å². The van der Waals surface area contributed by atoms with E-state index in [1.807, 2.05) is 37.3 Å².